The summed E-state index contributed by atoms with van der Waals surface area (Å²) in [6.07, 6.45) is 4.79. The first-order chi connectivity index (χ1) is 14.9. The van der Waals surface area contributed by atoms with Gasteiger partial charge in [-0.15, -0.1) is 0 Å². The number of aliphatic hydroxyl groups excluding tert-OH is 1. The zero-order valence-corrected chi connectivity index (χ0v) is 17.9. The van der Waals surface area contributed by atoms with Crippen LogP contribution in [0.25, 0.3) is 0 Å². The molecule has 2 aromatic carbocycles. The highest BCUT2D eigenvalue weighted by Gasteiger charge is 2.54. The van der Waals surface area contributed by atoms with Crippen molar-refractivity contribution < 1.29 is 28.6 Å². The molecule has 2 heterocycles. The Balaban J connectivity index is 1.47. The van der Waals surface area contributed by atoms with Gasteiger partial charge < -0.3 is 19.3 Å². The minimum absolute atomic E-state index is 0.129. The van der Waals surface area contributed by atoms with E-state index < -0.39 is 6.10 Å². The molecule has 3 aliphatic rings. The maximum absolute atomic E-state index is 12.5. The number of esters is 1. The molecule has 4 unspecified atom stereocenters. The molecule has 0 amide bonds. The van der Waals surface area contributed by atoms with Gasteiger partial charge in [0.25, 0.3) is 0 Å². The highest BCUT2D eigenvalue weighted by Crippen LogP contribution is 2.56. The predicted molar refractivity (Wildman–Crippen MR) is 115 cm³/mol. The lowest BCUT2D eigenvalue weighted by molar-refractivity contribution is -0.938. The smallest absolute Gasteiger partial charge is 0.342 e. The standard InChI is InChI=1S/C25H28NO5/c1-26(16-30-24(28)17-6-4-3-5-7-17)13-12-25-11-10-19(27)14-21(25)31-23-20(29-2)9-8-18(15-26)22(23)25/h3-11,19,21,27H,12-16H2,1-2H3/q+1. The summed E-state index contributed by atoms with van der Waals surface area (Å²) in [6, 6.07) is 13.1. The van der Waals surface area contributed by atoms with Gasteiger partial charge >= 0.3 is 5.97 Å². The SMILES string of the molecule is COc1ccc2c3c1OC1CC(O)C=CC31CC[N+](C)(COC(=O)c1ccccc1)C2. The first-order valence-corrected chi connectivity index (χ1v) is 10.7. The summed E-state index contributed by atoms with van der Waals surface area (Å²) in [6.45, 7) is 1.84. The Labute approximate surface area is 182 Å². The Hall–Kier alpha value is -2.83. The topological polar surface area (TPSA) is 65.0 Å². The molecule has 5 rings (SSSR count). The highest BCUT2D eigenvalue weighted by molar-refractivity contribution is 5.89. The van der Waals surface area contributed by atoms with E-state index in [-0.39, 0.29) is 17.5 Å². The van der Waals surface area contributed by atoms with Crippen molar-refractivity contribution in [2.45, 2.75) is 37.0 Å². The number of aliphatic hydroxyl groups is 1. The van der Waals surface area contributed by atoms with Gasteiger partial charge in [-0.1, -0.05) is 30.4 Å². The van der Waals surface area contributed by atoms with Crippen molar-refractivity contribution >= 4 is 5.97 Å². The fourth-order valence-electron chi connectivity index (χ4n) is 5.26. The quantitative estimate of drug-likeness (QED) is 0.466. The van der Waals surface area contributed by atoms with E-state index in [1.54, 1.807) is 19.2 Å². The summed E-state index contributed by atoms with van der Waals surface area (Å²) in [7, 11) is 3.78. The van der Waals surface area contributed by atoms with E-state index in [4.69, 9.17) is 14.2 Å². The molecule has 162 valence electrons. The second-order valence-corrected chi connectivity index (χ2v) is 9.12. The van der Waals surface area contributed by atoms with Gasteiger partial charge in [-0.25, -0.2) is 4.79 Å². The van der Waals surface area contributed by atoms with Crippen molar-refractivity contribution in [1.29, 1.82) is 0 Å². The first-order valence-electron chi connectivity index (χ1n) is 10.7. The van der Waals surface area contributed by atoms with Gasteiger partial charge in [0.05, 0.1) is 37.8 Å². The molecule has 2 aromatic rings. The number of carbonyl (C=O) groups is 1. The number of quaternary nitrogens is 1. The Morgan fingerprint density at radius 1 is 1.26 bits per heavy atom. The van der Waals surface area contributed by atoms with Gasteiger partial charge in [0.2, 0.25) is 6.73 Å². The summed E-state index contributed by atoms with van der Waals surface area (Å²) in [5.74, 6) is 1.21. The van der Waals surface area contributed by atoms with E-state index in [0.717, 1.165) is 36.6 Å². The van der Waals surface area contributed by atoms with Crippen LogP contribution in [0.5, 0.6) is 11.5 Å². The zero-order valence-electron chi connectivity index (χ0n) is 17.9. The van der Waals surface area contributed by atoms with E-state index in [9.17, 15) is 9.90 Å². The monoisotopic (exact) mass is 422 g/mol. The molecule has 1 aliphatic carbocycles. The average molecular weight is 423 g/mol. The molecule has 1 N–H and O–H groups in total. The molecular weight excluding hydrogens is 394 g/mol. The van der Waals surface area contributed by atoms with E-state index >= 15 is 0 Å². The number of rotatable bonds is 4. The minimum atomic E-state index is -0.504. The highest BCUT2D eigenvalue weighted by atomic mass is 16.5. The van der Waals surface area contributed by atoms with Crippen LogP contribution < -0.4 is 9.47 Å². The van der Waals surface area contributed by atoms with Crippen molar-refractivity contribution in [3.8, 4) is 11.5 Å². The molecule has 6 heteroatoms. The third-order valence-corrected chi connectivity index (χ3v) is 6.93. The fraction of sp³-hybridized carbons (Fsp3) is 0.400. The van der Waals surface area contributed by atoms with E-state index in [2.05, 4.69) is 19.2 Å². The van der Waals surface area contributed by atoms with E-state index in [0.29, 0.717) is 23.2 Å². The fourth-order valence-corrected chi connectivity index (χ4v) is 5.26. The lowest BCUT2D eigenvalue weighted by Crippen LogP contribution is -2.48. The predicted octanol–water partition coefficient (Wildman–Crippen LogP) is 3.18. The second kappa shape index (κ2) is 7.39. The van der Waals surface area contributed by atoms with Crippen LogP contribution in [0.3, 0.4) is 0 Å². The van der Waals surface area contributed by atoms with Crippen molar-refractivity contribution in [3.05, 3.63) is 71.3 Å². The van der Waals surface area contributed by atoms with Crippen molar-refractivity contribution in [2.75, 3.05) is 27.4 Å². The maximum Gasteiger partial charge on any atom is 0.342 e. The normalized spacial score (nSPS) is 30.5. The van der Waals surface area contributed by atoms with E-state index in [1.165, 1.54) is 5.56 Å². The van der Waals surface area contributed by atoms with Gasteiger partial charge in [0.15, 0.2) is 11.5 Å². The van der Waals surface area contributed by atoms with E-state index in [1.807, 2.05) is 30.3 Å². The number of hydrogen-bond acceptors (Lipinski definition) is 5. The number of benzene rings is 2. The molecule has 0 aromatic heterocycles. The minimum Gasteiger partial charge on any atom is -0.493 e. The Morgan fingerprint density at radius 3 is 2.84 bits per heavy atom. The van der Waals surface area contributed by atoms with Crippen LogP contribution in [0.15, 0.2) is 54.6 Å². The number of hydrogen-bond donors (Lipinski definition) is 1. The first kappa shape index (κ1) is 20.1. The van der Waals surface area contributed by atoms with Crippen LogP contribution in [0.1, 0.15) is 34.3 Å². The Morgan fingerprint density at radius 2 is 2.06 bits per heavy atom. The molecule has 6 nitrogen and oxygen atoms in total. The number of ether oxygens (including phenoxy) is 3. The molecule has 31 heavy (non-hydrogen) atoms. The van der Waals surface area contributed by atoms with Gasteiger partial charge in [0, 0.05) is 24.0 Å². The van der Waals surface area contributed by atoms with Crippen molar-refractivity contribution in [3.63, 3.8) is 0 Å². The molecule has 4 atom stereocenters. The molecule has 0 fully saturated rings. The summed E-state index contributed by atoms with van der Waals surface area (Å²) >= 11 is 0. The Bertz CT molecular complexity index is 1040. The molecule has 0 radical (unpaired) electrons. The molecule has 0 saturated carbocycles. The zero-order chi connectivity index (χ0) is 21.6. The average Bonchev–Trinajstić information content (AvgIpc) is 3.05. The van der Waals surface area contributed by atoms with Crippen LogP contribution in [-0.2, 0) is 16.7 Å². The number of nitrogens with zero attached hydrogens (tertiary/aromatic N) is 1. The van der Waals surface area contributed by atoms with Gasteiger partial charge in [-0.2, -0.15) is 0 Å². The second-order valence-electron chi connectivity index (χ2n) is 9.12. The molecule has 0 bridgehead atoms. The van der Waals surface area contributed by atoms with Gasteiger partial charge in [0.1, 0.15) is 12.6 Å². The molecule has 0 saturated heterocycles. The van der Waals surface area contributed by atoms with Crippen LogP contribution in [0.2, 0.25) is 0 Å². The van der Waals surface area contributed by atoms with Crippen LogP contribution in [0.4, 0.5) is 0 Å². The lowest BCUT2D eigenvalue weighted by atomic mass is 9.69. The third kappa shape index (κ3) is 3.30. The molecule has 1 spiro atoms. The molecule has 2 aliphatic heterocycles. The Kier molecular flexibility index (Phi) is 4.79. The summed E-state index contributed by atoms with van der Waals surface area (Å²) in [5.41, 5.74) is 2.61. The summed E-state index contributed by atoms with van der Waals surface area (Å²) < 4.78 is 18.3. The van der Waals surface area contributed by atoms with Crippen LogP contribution in [0, 0.1) is 0 Å². The van der Waals surface area contributed by atoms with Crippen LogP contribution in [-0.4, -0.2) is 55.2 Å². The lowest BCUT2D eigenvalue weighted by Gasteiger charge is -2.37. The number of methoxy groups -OCH3 is 1. The molecular formula is C25H28NO5+. The summed E-state index contributed by atoms with van der Waals surface area (Å²) in [4.78, 5) is 12.5. The van der Waals surface area contributed by atoms with Gasteiger partial charge in [-0.3, -0.25) is 4.48 Å². The summed E-state index contributed by atoms with van der Waals surface area (Å²) in [5, 5.41) is 10.2. The maximum atomic E-state index is 12.5. The van der Waals surface area contributed by atoms with Crippen molar-refractivity contribution in [2.24, 2.45) is 0 Å². The third-order valence-electron chi connectivity index (χ3n) is 6.93. The van der Waals surface area contributed by atoms with Crippen LogP contribution >= 0.6 is 0 Å². The number of carbonyl (C=O) groups excluding carboxylic acids is 1. The largest absolute Gasteiger partial charge is 0.493 e. The van der Waals surface area contributed by atoms with Crippen molar-refractivity contribution in [1.82, 2.24) is 0 Å². The van der Waals surface area contributed by atoms with Gasteiger partial charge in [-0.05, 0) is 24.3 Å².